The summed E-state index contributed by atoms with van der Waals surface area (Å²) in [4.78, 5) is 33.9. The third kappa shape index (κ3) is 5.46. The maximum Gasteiger partial charge on any atom is 0.245 e. The van der Waals surface area contributed by atoms with E-state index >= 15 is 0 Å². The van der Waals surface area contributed by atoms with Crippen LogP contribution >= 0.6 is 11.6 Å². The van der Waals surface area contributed by atoms with Gasteiger partial charge in [-0.3, -0.25) is 4.79 Å². The summed E-state index contributed by atoms with van der Waals surface area (Å²) in [6.45, 7) is 16.2. The summed E-state index contributed by atoms with van der Waals surface area (Å²) in [5.41, 5.74) is 2.28. The van der Waals surface area contributed by atoms with Crippen molar-refractivity contribution in [2.24, 2.45) is 11.3 Å². The van der Waals surface area contributed by atoms with Crippen molar-refractivity contribution in [2.75, 3.05) is 18.4 Å². The van der Waals surface area contributed by atoms with Gasteiger partial charge in [-0.15, -0.1) is 0 Å². The van der Waals surface area contributed by atoms with Gasteiger partial charge in [0.15, 0.2) is 5.82 Å². The zero-order valence-electron chi connectivity index (χ0n) is 22.3. The number of rotatable bonds is 5. The third-order valence-corrected chi connectivity index (χ3v) is 7.34. The minimum atomic E-state index is -0.431. The topological polar surface area (TPSA) is 83.9 Å². The van der Waals surface area contributed by atoms with Crippen LogP contribution in [0.15, 0.2) is 36.8 Å². The Bertz CT molecular complexity index is 1240. The summed E-state index contributed by atoms with van der Waals surface area (Å²) in [7, 11) is 0. The van der Waals surface area contributed by atoms with Crippen LogP contribution in [0.4, 0.5) is 5.82 Å². The minimum absolute atomic E-state index is 0.0588. The average Bonchev–Trinajstić information content (AvgIpc) is 2.81. The molecule has 3 heterocycles. The number of benzene rings is 1. The molecule has 0 saturated carbocycles. The van der Waals surface area contributed by atoms with E-state index in [-0.39, 0.29) is 22.7 Å². The number of halogens is 1. The predicted molar refractivity (Wildman–Crippen MR) is 145 cm³/mol. The Morgan fingerprint density at radius 3 is 2.44 bits per heavy atom. The highest BCUT2D eigenvalue weighted by Gasteiger charge is 2.40. The summed E-state index contributed by atoms with van der Waals surface area (Å²) < 4.78 is 0. The molecule has 36 heavy (non-hydrogen) atoms. The second-order valence-electron chi connectivity index (χ2n) is 11.9. The number of nitrogens with zero attached hydrogens (tertiary/aromatic N) is 5. The zero-order valence-corrected chi connectivity index (χ0v) is 23.1. The number of fused-ring (bicyclic) bond motifs is 1. The first-order chi connectivity index (χ1) is 16.9. The summed E-state index contributed by atoms with van der Waals surface area (Å²) in [6, 6.07) is 7.68. The van der Waals surface area contributed by atoms with Gasteiger partial charge in [-0.1, -0.05) is 72.2 Å². The average molecular weight is 509 g/mol. The molecule has 1 unspecified atom stereocenters. The molecule has 192 valence electrons. The second kappa shape index (κ2) is 9.92. The minimum Gasteiger partial charge on any atom is -0.356 e. The Morgan fingerprint density at radius 1 is 1.14 bits per heavy atom. The molecule has 1 saturated heterocycles. The molecule has 1 aliphatic heterocycles. The van der Waals surface area contributed by atoms with Crippen molar-refractivity contribution in [3.63, 3.8) is 0 Å². The summed E-state index contributed by atoms with van der Waals surface area (Å²) in [6.07, 6.45) is 4.13. The summed E-state index contributed by atoms with van der Waals surface area (Å²) in [5, 5.41) is 4.17. The fourth-order valence-corrected chi connectivity index (χ4v) is 5.16. The monoisotopic (exact) mass is 508 g/mol. The van der Waals surface area contributed by atoms with Gasteiger partial charge >= 0.3 is 0 Å². The van der Waals surface area contributed by atoms with Gasteiger partial charge < -0.3 is 10.2 Å². The molecule has 3 aromatic rings. The van der Waals surface area contributed by atoms with Gasteiger partial charge in [0.2, 0.25) is 5.91 Å². The van der Waals surface area contributed by atoms with Crippen molar-refractivity contribution in [3.05, 3.63) is 53.2 Å². The first-order valence-corrected chi connectivity index (χ1v) is 13.0. The van der Waals surface area contributed by atoms with Crippen LogP contribution in [0.1, 0.15) is 72.2 Å². The van der Waals surface area contributed by atoms with Gasteiger partial charge in [-0.05, 0) is 41.4 Å². The van der Waals surface area contributed by atoms with Gasteiger partial charge in [0.25, 0.3) is 0 Å². The SMILES string of the molecule is CC(C)[C@@H](Nc1ncnc2cnc(C(C)(C)C)nc12)C(=O)N1CCC(c2ccc(Cl)cc2)C(C)(C)C1. The van der Waals surface area contributed by atoms with E-state index in [1.165, 1.54) is 11.9 Å². The Labute approximate surface area is 219 Å². The van der Waals surface area contributed by atoms with Crippen LogP contribution in [0.3, 0.4) is 0 Å². The Hall–Kier alpha value is -2.80. The molecule has 1 N–H and O–H groups in total. The third-order valence-electron chi connectivity index (χ3n) is 7.09. The van der Waals surface area contributed by atoms with Crippen molar-refractivity contribution < 1.29 is 4.79 Å². The molecule has 0 spiro atoms. The molecule has 1 aliphatic rings. The number of carbonyl (C=O) groups excluding carboxylic acids is 1. The van der Waals surface area contributed by atoms with Crippen LogP contribution in [-0.2, 0) is 10.2 Å². The fourth-order valence-electron chi connectivity index (χ4n) is 5.04. The number of likely N-dealkylation sites (tertiary alicyclic amines) is 1. The number of anilines is 1. The summed E-state index contributed by atoms with van der Waals surface area (Å²) in [5.74, 6) is 1.79. The highest BCUT2D eigenvalue weighted by molar-refractivity contribution is 6.30. The highest BCUT2D eigenvalue weighted by atomic mass is 35.5. The van der Waals surface area contributed by atoms with Gasteiger partial charge in [0.1, 0.15) is 29.2 Å². The van der Waals surface area contributed by atoms with Crippen LogP contribution in [-0.4, -0.2) is 49.9 Å². The van der Waals surface area contributed by atoms with Crippen LogP contribution in [0.25, 0.3) is 11.0 Å². The molecule has 4 rings (SSSR count). The predicted octanol–water partition coefficient (Wildman–Crippen LogP) is 5.85. The molecule has 7 nitrogen and oxygen atoms in total. The number of amides is 1. The van der Waals surface area contributed by atoms with E-state index in [0.29, 0.717) is 41.7 Å². The van der Waals surface area contributed by atoms with Crippen molar-refractivity contribution in [3.8, 4) is 0 Å². The lowest BCUT2D eigenvalue weighted by Crippen LogP contribution is -2.53. The van der Waals surface area contributed by atoms with Gasteiger partial charge in [-0.25, -0.2) is 19.9 Å². The Balaban J connectivity index is 1.57. The lowest BCUT2D eigenvalue weighted by molar-refractivity contribution is -0.136. The first-order valence-electron chi connectivity index (χ1n) is 12.7. The summed E-state index contributed by atoms with van der Waals surface area (Å²) >= 11 is 6.11. The number of carbonyl (C=O) groups is 1. The van der Waals surface area contributed by atoms with Gasteiger partial charge in [0.05, 0.1) is 6.20 Å². The van der Waals surface area contributed by atoms with Crippen molar-refractivity contribution in [2.45, 2.75) is 72.3 Å². The number of hydrogen-bond acceptors (Lipinski definition) is 6. The van der Waals surface area contributed by atoms with Crippen LogP contribution in [0.5, 0.6) is 0 Å². The second-order valence-corrected chi connectivity index (χ2v) is 12.3. The van der Waals surface area contributed by atoms with Crippen molar-refractivity contribution in [1.29, 1.82) is 0 Å². The standard InChI is InChI=1S/C28H37ClN6O/c1-17(2)22(33-24-23-21(31-16-32-24)14-30-26(34-23)27(3,4)5)25(36)35-13-12-20(28(6,7)15-35)18-8-10-19(29)11-9-18/h8-11,14,16-17,20,22H,12-13,15H2,1-7H3,(H,31,32,33)/t20?,22-/m1/s1. The van der Waals surface area contributed by atoms with Crippen LogP contribution in [0.2, 0.25) is 5.02 Å². The maximum atomic E-state index is 13.9. The number of piperidine rings is 1. The lowest BCUT2D eigenvalue weighted by Gasteiger charge is -2.45. The molecule has 1 aromatic carbocycles. The molecule has 2 atom stereocenters. The largest absolute Gasteiger partial charge is 0.356 e. The molecule has 8 heteroatoms. The lowest BCUT2D eigenvalue weighted by atomic mass is 9.70. The van der Waals surface area contributed by atoms with Crippen molar-refractivity contribution >= 4 is 34.4 Å². The number of nitrogens with one attached hydrogen (secondary N) is 1. The highest BCUT2D eigenvalue weighted by Crippen LogP contribution is 2.42. The molecular weight excluding hydrogens is 472 g/mol. The zero-order chi connectivity index (χ0) is 26.3. The van der Waals surface area contributed by atoms with Gasteiger partial charge in [-0.2, -0.15) is 0 Å². The number of hydrogen-bond donors (Lipinski definition) is 1. The Morgan fingerprint density at radius 2 is 1.83 bits per heavy atom. The molecule has 0 bridgehead atoms. The molecule has 0 aliphatic carbocycles. The van der Waals surface area contributed by atoms with E-state index in [4.69, 9.17) is 16.6 Å². The molecule has 1 amide bonds. The quantitative estimate of drug-likeness (QED) is 0.465. The van der Waals surface area contributed by atoms with Crippen LogP contribution in [0, 0.1) is 11.3 Å². The van der Waals surface area contributed by atoms with Crippen LogP contribution < -0.4 is 5.32 Å². The van der Waals surface area contributed by atoms with E-state index in [1.807, 2.05) is 17.0 Å². The molecular formula is C28H37ClN6O. The smallest absolute Gasteiger partial charge is 0.245 e. The van der Waals surface area contributed by atoms with E-state index < -0.39 is 6.04 Å². The van der Waals surface area contributed by atoms with E-state index in [2.05, 4.69) is 80.9 Å². The van der Waals surface area contributed by atoms with E-state index in [0.717, 1.165) is 11.4 Å². The Kier molecular flexibility index (Phi) is 7.24. The molecule has 2 aromatic heterocycles. The van der Waals surface area contributed by atoms with Crippen molar-refractivity contribution in [1.82, 2.24) is 24.8 Å². The molecule has 0 radical (unpaired) electrons. The van der Waals surface area contributed by atoms with E-state index in [1.54, 1.807) is 6.20 Å². The maximum absolute atomic E-state index is 13.9. The number of aromatic nitrogens is 4. The fraction of sp³-hybridized carbons (Fsp3) is 0.536. The first kappa shape index (κ1) is 26.3. The van der Waals surface area contributed by atoms with Gasteiger partial charge in [0, 0.05) is 23.5 Å². The normalized spacial score (nSPS) is 18.9. The van der Waals surface area contributed by atoms with E-state index in [9.17, 15) is 4.79 Å². The molecule has 1 fully saturated rings.